The Morgan fingerprint density at radius 1 is 1.07 bits per heavy atom. The van der Waals surface area contributed by atoms with E-state index < -0.39 is 0 Å². The summed E-state index contributed by atoms with van der Waals surface area (Å²) in [5.41, 5.74) is 2.71. The summed E-state index contributed by atoms with van der Waals surface area (Å²) in [4.78, 5) is 38.4. The smallest absolute Gasteiger partial charge is 0.258 e. The van der Waals surface area contributed by atoms with Crippen molar-refractivity contribution < 1.29 is 0 Å². The van der Waals surface area contributed by atoms with Gasteiger partial charge in [-0.1, -0.05) is 18.2 Å². The minimum absolute atomic E-state index is 0.107. The molecule has 0 saturated heterocycles. The van der Waals surface area contributed by atoms with Gasteiger partial charge in [-0.15, -0.1) is 0 Å². The number of rotatable bonds is 4. The first-order valence-electron chi connectivity index (χ1n) is 8.65. The summed E-state index contributed by atoms with van der Waals surface area (Å²) in [6, 6.07) is 12.6. The number of aromatic amines is 1. The Balaban J connectivity index is 1.58. The highest BCUT2D eigenvalue weighted by atomic mass is 16.1. The Labute approximate surface area is 155 Å². The number of hydrogen-bond acceptors (Lipinski definition) is 5. The minimum atomic E-state index is -0.151. The van der Waals surface area contributed by atoms with Crippen molar-refractivity contribution in [2.45, 2.75) is 20.0 Å². The third-order valence-corrected chi connectivity index (χ3v) is 4.37. The van der Waals surface area contributed by atoms with E-state index in [1.807, 2.05) is 49.2 Å². The predicted molar refractivity (Wildman–Crippen MR) is 104 cm³/mol. The van der Waals surface area contributed by atoms with Crippen LogP contribution in [0.5, 0.6) is 0 Å². The molecule has 7 nitrogen and oxygen atoms in total. The van der Waals surface area contributed by atoms with Crippen LogP contribution < -0.4 is 11.1 Å². The number of nitrogens with zero attached hydrogens (tertiary/aromatic N) is 4. The molecule has 0 saturated carbocycles. The van der Waals surface area contributed by atoms with Crippen molar-refractivity contribution in [3.8, 4) is 0 Å². The molecule has 27 heavy (non-hydrogen) atoms. The summed E-state index contributed by atoms with van der Waals surface area (Å²) in [5, 5.41) is 0.573. The molecule has 3 heterocycles. The topological polar surface area (TPSA) is 83.4 Å². The van der Waals surface area contributed by atoms with E-state index in [0.29, 0.717) is 41.2 Å². The van der Waals surface area contributed by atoms with Crippen molar-refractivity contribution in [1.29, 1.82) is 0 Å². The van der Waals surface area contributed by atoms with Gasteiger partial charge >= 0.3 is 0 Å². The van der Waals surface area contributed by atoms with E-state index in [1.165, 1.54) is 0 Å². The van der Waals surface area contributed by atoms with Gasteiger partial charge < -0.3 is 4.98 Å². The van der Waals surface area contributed by atoms with Gasteiger partial charge in [0, 0.05) is 18.8 Å². The second kappa shape index (κ2) is 6.77. The number of hydrogen-bond donors (Lipinski definition) is 1. The number of aryl methyl sites for hydroxylation is 1. The third kappa shape index (κ3) is 3.50. The molecule has 4 aromatic rings. The Bertz CT molecular complexity index is 1260. The molecule has 1 aromatic carbocycles. The van der Waals surface area contributed by atoms with E-state index in [0.717, 1.165) is 5.56 Å². The first-order valence-corrected chi connectivity index (χ1v) is 8.65. The van der Waals surface area contributed by atoms with Gasteiger partial charge in [0.1, 0.15) is 11.5 Å². The van der Waals surface area contributed by atoms with Crippen LogP contribution in [0.25, 0.3) is 16.6 Å². The quantitative estimate of drug-likeness (QED) is 0.600. The predicted octanol–water partition coefficient (Wildman–Crippen LogP) is 1.87. The van der Waals surface area contributed by atoms with Crippen molar-refractivity contribution in [1.82, 2.24) is 24.3 Å². The Hall–Kier alpha value is -3.32. The summed E-state index contributed by atoms with van der Waals surface area (Å²) < 4.78 is 1.54. The van der Waals surface area contributed by atoms with Crippen LogP contribution >= 0.6 is 0 Å². The van der Waals surface area contributed by atoms with Crippen molar-refractivity contribution >= 4 is 16.6 Å². The maximum atomic E-state index is 12.3. The fourth-order valence-corrected chi connectivity index (χ4v) is 3.14. The lowest BCUT2D eigenvalue weighted by Gasteiger charge is -2.16. The lowest BCUT2D eigenvalue weighted by Crippen LogP contribution is -2.24. The van der Waals surface area contributed by atoms with Crippen LogP contribution in [-0.4, -0.2) is 31.3 Å². The number of nitrogens with one attached hydrogen (secondary N) is 1. The fourth-order valence-electron chi connectivity index (χ4n) is 3.14. The van der Waals surface area contributed by atoms with E-state index >= 15 is 0 Å². The van der Waals surface area contributed by atoms with Gasteiger partial charge in [-0.05, 0) is 37.7 Å². The molecule has 136 valence electrons. The minimum Gasteiger partial charge on any atom is -0.309 e. The number of aromatic nitrogens is 4. The normalized spacial score (nSPS) is 11.5. The second-order valence-corrected chi connectivity index (χ2v) is 6.72. The number of benzene rings is 1. The van der Waals surface area contributed by atoms with Crippen molar-refractivity contribution in [3.05, 3.63) is 86.5 Å². The molecule has 4 rings (SSSR count). The molecule has 0 fully saturated rings. The number of fused-ring (bicyclic) bond motifs is 2. The molecule has 0 bridgehead atoms. The molecule has 0 aliphatic rings. The van der Waals surface area contributed by atoms with Crippen LogP contribution in [0.4, 0.5) is 0 Å². The van der Waals surface area contributed by atoms with Gasteiger partial charge in [0.2, 0.25) is 0 Å². The molecule has 0 atom stereocenters. The summed E-state index contributed by atoms with van der Waals surface area (Å²) >= 11 is 0. The first-order chi connectivity index (χ1) is 13.0. The van der Waals surface area contributed by atoms with Crippen LogP contribution in [-0.2, 0) is 13.1 Å². The highest BCUT2D eigenvalue weighted by molar-refractivity contribution is 5.77. The summed E-state index contributed by atoms with van der Waals surface area (Å²) in [5.74, 6) is 0.578. The highest BCUT2D eigenvalue weighted by Crippen LogP contribution is 2.08. The van der Waals surface area contributed by atoms with Gasteiger partial charge in [0.05, 0.1) is 23.1 Å². The molecule has 3 aromatic heterocycles. The molecule has 0 spiro atoms. The molecule has 0 aliphatic heterocycles. The van der Waals surface area contributed by atoms with Crippen molar-refractivity contribution in [3.63, 3.8) is 0 Å². The molecule has 0 unspecified atom stereocenters. The number of H-pyrrole nitrogens is 1. The zero-order chi connectivity index (χ0) is 19.0. The summed E-state index contributed by atoms with van der Waals surface area (Å²) in [7, 11) is 1.90. The monoisotopic (exact) mass is 361 g/mol. The molecule has 7 heteroatoms. The van der Waals surface area contributed by atoms with Crippen molar-refractivity contribution in [2.24, 2.45) is 0 Å². The second-order valence-electron chi connectivity index (χ2n) is 6.72. The van der Waals surface area contributed by atoms with Gasteiger partial charge in [-0.2, -0.15) is 0 Å². The van der Waals surface area contributed by atoms with Crippen LogP contribution in [0, 0.1) is 6.92 Å². The Morgan fingerprint density at radius 3 is 2.74 bits per heavy atom. The molecular formula is C20H19N5O2. The van der Waals surface area contributed by atoms with Crippen LogP contribution in [0.1, 0.15) is 17.1 Å². The molecule has 0 aliphatic carbocycles. The zero-order valence-corrected chi connectivity index (χ0v) is 15.1. The fraction of sp³-hybridized carbons (Fsp3) is 0.200. The average Bonchev–Trinajstić information content (AvgIpc) is 2.62. The molecule has 1 N–H and O–H groups in total. The van der Waals surface area contributed by atoms with Crippen LogP contribution in [0.15, 0.2) is 58.3 Å². The van der Waals surface area contributed by atoms with Gasteiger partial charge in [0.25, 0.3) is 11.1 Å². The molecule has 0 radical (unpaired) electrons. The Morgan fingerprint density at radius 2 is 1.89 bits per heavy atom. The number of pyridine rings is 1. The lowest BCUT2D eigenvalue weighted by molar-refractivity contribution is 0.307. The van der Waals surface area contributed by atoms with E-state index in [2.05, 4.69) is 15.0 Å². The SMILES string of the molecule is Cc1ccc2nc(CN(C)Cc3nc4ccccc4c(=O)[nH]3)cc(=O)n2c1. The van der Waals surface area contributed by atoms with Gasteiger partial charge in [-0.25, -0.2) is 9.97 Å². The molecular weight excluding hydrogens is 342 g/mol. The van der Waals surface area contributed by atoms with Gasteiger partial charge in [-0.3, -0.25) is 18.9 Å². The first kappa shape index (κ1) is 17.1. The van der Waals surface area contributed by atoms with Gasteiger partial charge in [0.15, 0.2) is 0 Å². The maximum absolute atomic E-state index is 12.3. The highest BCUT2D eigenvalue weighted by Gasteiger charge is 2.09. The summed E-state index contributed by atoms with van der Waals surface area (Å²) in [6.07, 6.45) is 1.78. The van der Waals surface area contributed by atoms with Crippen LogP contribution in [0.2, 0.25) is 0 Å². The van der Waals surface area contributed by atoms with Crippen molar-refractivity contribution in [2.75, 3.05) is 7.05 Å². The standard InChI is InChI=1S/C20H19N5O2/c1-13-7-8-18-21-14(9-19(26)25(18)10-13)11-24(2)12-17-22-16-6-4-3-5-15(16)20(27)23-17/h3-10H,11-12H2,1-2H3,(H,22,23,27). The third-order valence-electron chi connectivity index (χ3n) is 4.37. The van der Waals surface area contributed by atoms with Crippen LogP contribution in [0.3, 0.4) is 0 Å². The van der Waals surface area contributed by atoms with E-state index in [-0.39, 0.29) is 11.1 Å². The van der Waals surface area contributed by atoms with E-state index in [4.69, 9.17) is 0 Å². The maximum Gasteiger partial charge on any atom is 0.258 e. The molecule has 0 amide bonds. The Kier molecular flexibility index (Phi) is 4.29. The average molecular weight is 361 g/mol. The largest absolute Gasteiger partial charge is 0.309 e. The number of para-hydroxylation sites is 1. The van der Waals surface area contributed by atoms with E-state index in [1.54, 1.807) is 22.7 Å². The van der Waals surface area contributed by atoms with E-state index in [9.17, 15) is 9.59 Å². The lowest BCUT2D eigenvalue weighted by atomic mass is 10.2. The summed E-state index contributed by atoms with van der Waals surface area (Å²) in [6.45, 7) is 2.84. The zero-order valence-electron chi connectivity index (χ0n) is 15.1.